The Kier molecular flexibility index (Phi) is 4.30. The Hall–Kier alpha value is -1.71. The fourth-order valence-corrected chi connectivity index (χ4v) is 2.08. The molecule has 1 saturated carbocycles. The second-order valence-electron chi connectivity index (χ2n) is 5.29. The highest BCUT2D eigenvalue weighted by Gasteiger charge is 2.44. The predicted molar refractivity (Wildman–Crippen MR) is 75.9 cm³/mol. The fraction of sp³-hybridized carbons (Fsp3) is 0.533. The molecule has 0 amide bonds. The van der Waals surface area contributed by atoms with Crippen LogP contribution in [0.2, 0.25) is 0 Å². The minimum absolute atomic E-state index is 0.0870. The number of hydrogen-bond donors (Lipinski definition) is 2. The summed E-state index contributed by atoms with van der Waals surface area (Å²) in [6, 6.07) is 7.74. The quantitative estimate of drug-likeness (QED) is 0.559. The van der Waals surface area contributed by atoms with Crippen molar-refractivity contribution in [3.63, 3.8) is 0 Å². The van der Waals surface area contributed by atoms with E-state index in [0.29, 0.717) is 19.6 Å². The van der Waals surface area contributed by atoms with E-state index in [4.69, 9.17) is 20.6 Å². The Balaban J connectivity index is 1.94. The molecule has 1 aliphatic rings. The summed E-state index contributed by atoms with van der Waals surface area (Å²) >= 11 is 0. The molecule has 0 atom stereocenters. The zero-order chi connectivity index (χ0) is 13.7. The van der Waals surface area contributed by atoms with Crippen LogP contribution < -0.4 is 15.2 Å². The lowest BCUT2D eigenvalue weighted by molar-refractivity contribution is 0.220. The van der Waals surface area contributed by atoms with Gasteiger partial charge in [0.2, 0.25) is 0 Å². The van der Waals surface area contributed by atoms with E-state index in [9.17, 15) is 0 Å². The zero-order valence-corrected chi connectivity index (χ0v) is 11.4. The van der Waals surface area contributed by atoms with Crippen molar-refractivity contribution in [2.24, 2.45) is 11.1 Å². The molecule has 0 heterocycles. The Morgan fingerprint density at radius 3 is 2.42 bits per heavy atom. The van der Waals surface area contributed by atoms with Gasteiger partial charge in [-0.1, -0.05) is 19.1 Å². The van der Waals surface area contributed by atoms with Crippen LogP contribution in [0.4, 0.5) is 0 Å². The van der Waals surface area contributed by atoms with E-state index >= 15 is 0 Å². The first-order valence-electron chi connectivity index (χ1n) is 6.83. The van der Waals surface area contributed by atoms with Gasteiger partial charge >= 0.3 is 0 Å². The molecule has 1 aromatic rings. The summed E-state index contributed by atoms with van der Waals surface area (Å²) < 4.78 is 11.5. The molecule has 0 radical (unpaired) electrons. The average Bonchev–Trinajstić information content (AvgIpc) is 3.14. The summed E-state index contributed by atoms with van der Waals surface area (Å²) in [6.45, 7) is 3.38. The van der Waals surface area contributed by atoms with Crippen LogP contribution in [-0.4, -0.2) is 19.0 Å². The van der Waals surface area contributed by atoms with Crippen molar-refractivity contribution in [1.82, 2.24) is 0 Å². The first kappa shape index (κ1) is 13.7. The van der Waals surface area contributed by atoms with Crippen LogP contribution in [0.1, 0.15) is 32.6 Å². The number of rotatable bonds is 8. The van der Waals surface area contributed by atoms with E-state index in [1.807, 2.05) is 24.3 Å². The van der Waals surface area contributed by atoms with Crippen LogP contribution in [0, 0.1) is 10.8 Å². The largest absolute Gasteiger partial charge is 0.490 e. The van der Waals surface area contributed by atoms with Crippen molar-refractivity contribution >= 4 is 5.84 Å². The minimum Gasteiger partial charge on any atom is -0.490 e. The molecule has 1 aliphatic carbocycles. The minimum atomic E-state index is 0.0870. The molecule has 0 spiro atoms. The van der Waals surface area contributed by atoms with Crippen LogP contribution in [0.5, 0.6) is 11.5 Å². The number of amidine groups is 1. The Labute approximate surface area is 114 Å². The van der Waals surface area contributed by atoms with E-state index in [2.05, 4.69) is 6.92 Å². The van der Waals surface area contributed by atoms with E-state index in [-0.39, 0.29) is 11.3 Å². The van der Waals surface area contributed by atoms with E-state index in [0.717, 1.165) is 30.8 Å². The lowest BCUT2D eigenvalue weighted by Gasteiger charge is -2.17. The molecule has 0 bridgehead atoms. The molecule has 0 aromatic heterocycles. The molecule has 1 fully saturated rings. The Morgan fingerprint density at radius 2 is 1.89 bits per heavy atom. The van der Waals surface area contributed by atoms with Crippen LogP contribution in [0.15, 0.2) is 24.3 Å². The molecule has 104 valence electrons. The van der Waals surface area contributed by atoms with Gasteiger partial charge in [0, 0.05) is 11.8 Å². The summed E-state index contributed by atoms with van der Waals surface area (Å²) in [5.74, 6) is 1.82. The first-order valence-corrected chi connectivity index (χ1v) is 6.83. The van der Waals surface area contributed by atoms with Crippen molar-refractivity contribution in [3.8, 4) is 11.5 Å². The van der Waals surface area contributed by atoms with Gasteiger partial charge in [0.05, 0.1) is 19.0 Å². The molecule has 1 aromatic carbocycles. The van der Waals surface area contributed by atoms with E-state index in [1.165, 1.54) is 0 Å². The smallest absolute Gasteiger partial charge is 0.161 e. The van der Waals surface area contributed by atoms with Crippen molar-refractivity contribution < 1.29 is 9.47 Å². The van der Waals surface area contributed by atoms with E-state index in [1.54, 1.807) is 0 Å². The number of benzene rings is 1. The maximum Gasteiger partial charge on any atom is 0.161 e. The number of para-hydroxylation sites is 2. The second kappa shape index (κ2) is 5.95. The van der Waals surface area contributed by atoms with Crippen molar-refractivity contribution in [2.75, 3.05) is 13.2 Å². The molecule has 0 aliphatic heterocycles. The molecular formula is C15H22N2O2. The summed E-state index contributed by atoms with van der Waals surface area (Å²) in [7, 11) is 0. The molecule has 19 heavy (non-hydrogen) atoms. The normalized spacial score (nSPS) is 15.8. The monoisotopic (exact) mass is 262 g/mol. The second-order valence-corrected chi connectivity index (χ2v) is 5.29. The van der Waals surface area contributed by atoms with Gasteiger partial charge in [-0.3, -0.25) is 5.41 Å². The Bertz CT molecular complexity index is 442. The van der Waals surface area contributed by atoms with E-state index < -0.39 is 0 Å². The fourth-order valence-electron chi connectivity index (χ4n) is 2.08. The van der Waals surface area contributed by atoms with Crippen molar-refractivity contribution in [3.05, 3.63) is 24.3 Å². The summed E-state index contributed by atoms with van der Waals surface area (Å²) in [5, 5.41) is 7.40. The van der Waals surface area contributed by atoms with Gasteiger partial charge in [-0.05, 0) is 31.4 Å². The van der Waals surface area contributed by atoms with Crippen molar-refractivity contribution in [2.45, 2.75) is 32.6 Å². The lowest BCUT2D eigenvalue weighted by atomic mass is 10.0. The molecule has 0 unspecified atom stereocenters. The number of nitrogens with two attached hydrogens (primary N) is 1. The van der Waals surface area contributed by atoms with Gasteiger partial charge in [-0.2, -0.15) is 0 Å². The highest BCUT2D eigenvalue weighted by Crippen LogP contribution is 2.49. The van der Waals surface area contributed by atoms with Crippen LogP contribution in [0.3, 0.4) is 0 Å². The van der Waals surface area contributed by atoms with Gasteiger partial charge in [-0.25, -0.2) is 0 Å². The summed E-state index contributed by atoms with van der Waals surface area (Å²) in [5.41, 5.74) is 5.57. The number of nitrogens with one attached hydrogen (secondary N) is 1. The SMILES string of the molecule is CCCOc1ccccc1OCC1(CC(=N)N)CC1. The van der Waals surface area contributed by atoms with Gasteiger partial charge in [0.15, 0.2) is 11.5 Å². The summed E-state index contributed by atoms with van der Waals surface area (Å²) in [6.07, 6.45) is 3.78. The number of hydrogen-bond acceptors (Lipinski definition) is 3. The molecule has 4 nitrogen and oxygen atoms in total. The maximum atomic E-state index is 7.40. The molecule has 4 heteroatoms. The third-order valence-corrected chi connectivity index (χ3v) is 3.37. The third kappa shape index (κ3) is 3.88. The molecule has 2 rings (SSSR count). The highest BCUT2D eigenvalue weighted by molar-refractivity contribution is 5.78. The highest BCUT2D eigenvalue weighted by atomic mass is 16.5. The van der Waals surface area contributed by atoms with Crippen molar-refractivity contribution in [1.29, 1.82) is 5.41 Å². The first-order chi connectivity index (χ1) is 9.15. The lowest BCUT2D eigenvalue weighted by Crippen LogP contribution is -2.21. The van der Waals surface area contributed by atoms with Gasteiger partial charge in [-0.15, -0.1) is 0 Å². The topological polar surface area (TPSA) is 68.3 Å². The Morgan fingerprint density at radius 1 is 1.26 bits per heavy atom. The van der Waals surface area contributed by atoms with Gasteiger partial charge in [0.25, 0.3) is 0 Å². The van der Waals surface area contributed by atoms with Crippen LogP contribution >= 0.6 is 0 Å². The average molecular weight is 262 g/mol. The van der Waals surface area contributed by atoms with Gasteiger partial charge in [0.1, 0.15) is 0 Å². The molecular weight excluding hydrogens is 240 g/mol. The van der Waals surface area contributed by atoms with Gasteiger partial charge < -0.3 is 15.2 Å². The van der Waals surface area contributed by atoms with Crippen LogP contribution in [0.25, 0.3) is 0 Å². The maximum absolute atomic E-state index is 7.40. The summed E-state index contributed by atoms with van der Waals surface area (Å²) in [4.78, 5) is 0. The zero-order valence-electron chi connectivity index (χ0n) is 11.4. The number of ether oxygens (including phenoxy) is 2. The molecule has 0 saturated heterocycles. The standard InChI is InChI=1S/C15H22N2O2/c1-2-9-18-12-5-3-4-6-13(12)19-11-15(7-8-15)10-14(16)17/h3-6H,2,7-11H2,1H3,(H3,16,17). The third-order valence-electron chi connectivity index (χ3n) is 3.37. The van der Waals surface area contributed by atoms with Crippen LogP contribution in [-0.2, 0) is 0 Å². The molecule has 3 N–H and O–H groups in total. The predicted octanol–water partition coefficient (Wildman–Crippen LogP) is 2.96.